The van der Waals surface area contributed by atoms with Gasteiger partial charge in [0.15, 0.2) is 0 Å². The zero-order chi connectivity index (χ0) is 13.0. The van der Waals surface area contributed by atoms with Crippen LogP contribution in [0.4, 0.5) is 0 Å². The maximum Gasteiger partial charge on any atom is 0.120 e. The molecule has 0 saturated carbocycles. The lowest BCUT2D eigenvalue weighted by Gasteiger charge is -2.18. The molecule has 0 N–H and O–H groups in total. The Morgan fingerprint density at radius 1 is 1.33 bits per heavy atom. The van der Waals surface area contributed by atoms with E-state index in [4.69, 9.17) is 23.2 Å². The number of carbonyl (C=O) groups excluding carboxylic acids is 1. The van der Waals surface area contributed by atoms with Crippen LogP contribution in [-0.2, 0) is 4.79 Å². The fourth-order valence-corrected chi connectivity index (χ4v) is 2.19. The maximum atomic E-state index is 10.6. The molecule has 0 bridgehead atoms. The Bertz CT molecular complexity index is 526. The molecule has 0 aliphatic rings. The number of aromatic nitrogens is 2. The van der Waals surface area contributed by atoms with Gasteiger partial charge in [0.05, 0.1) is 22.4 Å². The molecule has 0 fully saturated rings. The molecule has 1 unspecified atom stereocenters. The minimum Gasteiger partial charge on any atom is -0.330 e. The number of imidazole rings is 1. The topological polar surface area (TPSA) is 34.9 Å². The van der Waals surface area contributed by atoms with E-state index in [2.05, 4.69) is 4.98 Å². The van der Waals surface area contributed by atoms with Crippen LogP contribution in [-0.4, -0.2) is 15.8 Å². The third-order valence-corrected chi connectivity index (χ3v) is 3.51. The predicted molar refractivity (Wildman–Crippen MR) is 72.1 cm³/mol. The highest BCUT2D eigenvalue weighted by Crippen LogP contribution is 2.29. The molecule has 3 nitrogen and oxygen atoms in total. The van der Waals surface area contributed by atoms with Crippen molar-refractivity contribution >= 4 is 29.5 Å². The summed E-state index contributed by atoms with van der Waals surface area (Å²) in [6.45, 7) is 0. The first-order valence-electron chi connectivity index (χ1n) is 5.58. The number of benzene rings is 1. The summed E-state index contributed by atoms with van der Waals surface area (Å²) in [4.78, 5) is 14.6. The van der Waals surface area contributed by atoms with Crippen molar-refractivity contribution in [1.29, 1.82) is 0 Å². The van der Waals surface area contributed by atoms with Gasteiger partial charge in [-0.15, -0.1) is 0 Å². The Hall–Kier alpha value is -1.32. The van der Waals surface area contributed by atoms with Crippen LogP contribution < -0.4 is 0 Å². The molecule has 0 amide bonds. The Kier molecular flexibility index (Phi) is 4.39. The Labute approximate surface area is 115 Å². The summed E-state index contributed by atoms with van der Waals surface area (Å²) in [6.07, 6.45) is 7.43. The molecule has 0 radical (unpaired) electrons. The van der Waals surface area contributed by atoms with E-state index in [1.807, 2.05) is 22.9 Å². The van der Waals surface area contributed by atoms with Crippen LogP contribution in [0.2, 0.25) is 10.0 Å². The van der Waals surface area contributed by atoms with Gasteiger partial charge in [0, 0.05) is 18.8 Å². The Balaban J connectivity index is 2.33. The van der Waals surface area contributed by atoms with E-state index in [9.17, 15) is 4.79 Å². The van der Waals surface area contributed by atoms with E-state index in [1.165, 1.54) is 0 Å². The highest BCUT2D eigenvalue weighted by Gasteiger charge is 2.14. The van der Waals surface area contributed by atoms with Crippen molar-refractivity contribution in [2.24, 2.45) is 0 Å². The van der Waals surface area contributed by atoms with E-state index in [0.717, 1.165) is 11.8 Å². The minimum atomic E-state index is 0.0486. The fraction of sp³-hybridized carbons (Fsp3) is 0.231. The number of aldehydes is 1. The summed E-state index contributed by atoms with van der Waals surface area (Å²) in [7, 11) is 0. The van der Waals surface area contributed by atoms with Crippen LogP contribution in [0, 0.1) is 0 Å². The monoisotopic (exact) mass is 282 g/mol. The van der Waals surface area contributed by atoms with E-state index < -0.39 is 0 Å². The molecule has 2 rings (SSSR count). The second-order valence-electron chi connectivity index (χ2n) is 3.94. The minimum absolute atomic E-state index is 0.0486. The smallest absolute Gasteiger partial charge is 0.120 e. The average Bonchev–Trinajstić information content (AvgIpc) is 2.88. The summed E-state index contributed by atoms with van der Waals surface area (Å²) < 4.78 is 1.96. The summed E-state index contributed by atoms with van der Waals surface area (Å²) in [5, 5.41) is 1.05. The second-order valence-corrected chi connectivity index (χ2v) is 4.76. The molecular weight excluding hydrogens is 271 g/mol. The number of hydrogen-bond acceptors (Lipinski definition) is 2. The Morgan fingerprint density at radius 3 is 2.78 bits per heavy atom. The lowest BCUT2D eigenvalue weighted by molar-refractivity contribution is -0.108. The van der Waals surface area contributed by atoms with E-state index in [0.29, 0.717) is 22.9 Å². The second kappa shape index (κ2) is 6.03. The average molecular weight is 283 g/mol. The summed E-state index contributed by atoms with van der Waals surface area (Å²) >= 11 is 11.9. The Morgan fingerprint density at radius 2 is 2.17 bits per heavy atom. The molecule has 1 atom stereocenters. The van der Waals surface area contributed by atoms with Gasteiger partial charge in [-0.05, 0) is 24.1 Å². The SMILES string of the molecule is O=CCCC(c1ccc(Cl)c(Cl)c1)n1ccnc1. The largest absolute Gasteiger partial charge is 0.330 e. The van der Waals surface area contributed by atoms with Gasteiger partial charge in [-0.25, -0.2) is 4.98 Å². The molecule has 18 heavy (non-hydrogen) atoms. The highest BCUT2D eigenvalue weighted by molar-refractivity contribution is 6.42. The van der Waals surface area contributed by atoms with E-state index in [1.54, 1.807) is 18.6 Å². The van der Waals surface area contributed by atoms with Crippen LogP contribution in [0.3, 0.4) is 0 Å². The fourth-order valence-electron chi connectivity index (χ4n) is 1.89. The number of nitrogens with zero attached hydrogens (tertiary/aromatic N) is 2. The predicted octanol–water partition coefficient (Wildman–Crippen LogP) is 3.76. The number of hydrogen-bond donors (Lipinski definition) is 0. The summed E-state index contributed by atoms with van der Waals surface area (Å²) in [6, 6.07) is 5.57. The van der Waals surface area contributed by atoms with Gasteiger partial charge < -0.3 is 9.36 Å². The first-order valence-corrected chi connectivity index (χ1v) is 6.34. The number of carbonyl (C=O) groups is 1. The summed E-state index contributed by atoms with van der Waals surface area (Å²) in [5.74, 6) is 0. The van der Waals surface area contributed by atoms with E-state index >= 15 is 0 Å². The lowest BCUT2D eigenvalue weighted by Crippen LogP contribution is -2.09. The van der Waals surface area contributed by atoms with Gasteiger partial charge in [-0.3, -0.25) is 0 Å². The standard InChI is InChI=1S/C13H12Cl2N2O/c14-11-4-3-10(8-12(11)15)13(2-1-7-18)17-6-5-16-9-17/h3-9,13H,1-2H2. The van der Waals surface area contributed by atoms with Crippen molar-refractivity contribution in [3.05, 3.63) is 52.5 Å². The maximum absolute atomic E-state index is 10.6. The van der Waals surface area contributed by atoms with Crippen LogP contribution >= 0.6 is 23.2 Å². The van der Waals surface area contributed by atoms with Crippen molar-refractivity contribution in [1.82, 2.24) is 9.55 Å². The molecule has 1 heterocycles. The molecular formula is C13H12Cl2N2O. The third-order valence-electron chi connectivity index (χ3n) is 2.77. The number of rotatable bonds is 5. The number of halogens is 2. The van der Waals surface area contributed by atoms with Crippen molar-refractivity contribution in [3.8, 4) is 0 Å². The van der Waals surface area contributed by atoms with Crippen molar-refractivity contribution in [3.63, 3.8) is 0 Å². The third kappa shape index (κ3) is 2.92. The highest BCUT2D eigenvalue weighted by atomic mass is 35.5. The first-order chi connectivity index (χ1) is 8.72. The van der Waals surface area contributed by atoms with Crippen molar-refractivity contribution < 1.29 is 4.79 Å². The van der Waals surface area contributed by atoms with Gasteiger partial charge in [-0.1, -0.05) is 29.3 Å². The molecule has 1 aromatic heterocycles. The van der Waals surface area contributed by atoms with Crippen LogP contribution in [0.1, 0.15) is 24.4 Å². The molecule has 2 aromatic rings. The molecule has 1 aromatic carbocycles. The van der Waals surface area contributed by atoms with Gasteiger partial charge in [0.25, 0.3) is 0 Å². The molecule has 0 aliphatic carbocycles. The van der Waals surface area contributed by atoms with Gasteiger partial charge in [-0.2, -0.15) is 0 Å². The molecule has 94 valence electrons. The van der Waals surface area contributed by atoms with Gasteiger partial charge in [0.1, 0.15) is 6.29 Å². The molecule has 0 spiro atoms. The van der Waals surface area contributed by atoms with Crippen LogP contribution in [0.5, 0.6) is 0 Å². The first kappa shape index (κ1) is 13.1. The van der Waals surface area contributed by atoms with E-state index in [-0.39, 0.29) is 6.04 Å². The van der Waals surface area contributed by atoms with Crippen LogP contribution in [0.15, 0.2) is 36.9 Å². The summed E-state index contributed by atoms with van der Waals surface area (Å²) in [5.41, 5.74) is 1.02. The molecule has 5 heteroatoms. The molecule has 0 saturated heterocycles. The normalized spacial score (nSPS) is 12.3. The zero-order valence-electron chi connectivity index (χ0n) is 9.59. The quantitative estimate of drug-likeness (QED) is 0.783. The molecule has 0 aliphatic heterocycles. The van der Waals surface area contributed by atoms with Gasteiger partial charge >= 0.3 is 0 Å². The zero-order valence-corrected chi connectivity index (χ0v) is 11.1. The lowest BCUT2D eigenvalue weighted by atomic mass is 10.0. The van der Waals surface area contributed by atoms with Crippen LogP contribution in [0.25, 0.3) is 0 Å². The van der Waals surface area contributed by atoms with Crippen molar-refractivity contribution in [2.45, 2.75) is 18.9 Å². The van der Waals surface area contributed by atoms with Crippen molar-refractivity contribution in [2.75, 3.05) is 0 Å². The van der Waals surface area contributed by atoms with Gasteiger partial charge in [0.2, 0.25) is 0 Å².